The van der Waals surface area contributed by atoms with Crippen molar-refractivity contribution in [2.75, 3.05) is 0 Å². The highest BCUT2D eigenvalue weighted by Crippen LogP contribution is 2.36. The van der Waals surface area contributed by atoms with Gasteiger partial charge in [-0.1, -0.05) is 73.9 Å². The predicted molar refractivity (Wildman–Crippen MR) is 103 cm³/mol. The Morgan fingerprint density at radius 3 is 1.89 bits per heavy atom. The van der Waals surface area contributed by atoms with E-state index in [1.54, 1.807) is 42.5 Å². The first-order valence-corrected chi connectivity index (χ1v) is 9.48. The number of rotatable bonds is 3. The van der Waals surface area contributed by atoms with Crippen molar-refractivity contribution >= 4 is 0 Å². The van der Waals surface area contributed by atoms with Gasteiger partial charge in [0.25, 0.3) is 0 Å². The molecule has 0 aliphatic heterocycles. The van der Waals surface area contributed by atoms with Gasteiger partial charge in [-0.25, -0.2) is 13.2 Å². The van der Waals surface area contributed by atoms with E-state index >= 15 is 0 Å². The van der Waals surface area contributed by atoms with E-state index in [0.29, 0.717) is 16.7 Å². The molecule has 1 aliphatic carbocycles. The van der Waals surface area contributed by atoms with Crippen LogP contribution in [-0.4, -0.2) is 0 Å². The highest BCUT2D eigenvalue weighted by molar-refractivity contribution is 5.72. The largest absolute Gasteiger partial charge is 0.207 e. The molecule has 0 aromatic heterocycles. The van der Waals surface area contributed by atoms with Crippen LogP contribution in [0.2, 0.25) is 0 Å². The average molecular weight is 366 g/mol. The predicted octanol–water partition coefficient (Wildman–Crippen LogP) is 7.49. The lowest BCUT2D eigenvalue weighted by Crippen LogP contribution is -2.06. The Bertz CT molecular complexity index is 941. The molecule has 0 heterocycles. The van der Waals surface area contributed by atoms with Crippen molar-refractivity contribution < 1.29 is 13.2 Å². The second kappa shape index (κ2) is 7.59. The Hall–Kier alpha value is -2.55. The van der Waals surface area contributed by atoms with E-state index < -0.39 is 11.6 Å². The Balaban J connectivity index is 1.69. The van der Waals surface area contributed by atoms with Gasteiger partial charge in [0.05, 0.1) is 0 Å². The molecule has 0 nitrogen and oxygen atoms in total. The molecule has 0 bridgehead atoms. The molecule has 0 atom stereocenters. The molecule has 1 saturated carbocycles. The SMILES string of the molecule is Fc1cc(-c2ccc(-c3ccccc3)c(F)c2F)ccc1C1CCCCC1. The molecule has 0 spiro atoms. The number of halogens is 3. The minimum absolute atomic E-state index is 0.0845. The van der Waals surface area contributed by atoms with E-state index in [9.17, 15) is 13.2 Å². The lowest BCUT2D eigenvalue weighted by molar-refractivity contribution is 0.430. The van der Waals surface area contributed by atoms with Gasteiger partial charge in [-0.05, 0) is 41.5 Å². The van der Waals surface area contributed by atoms with Gasteiger partial charge in [-0.2, -0.15) is 0 Å². The average Bonchev–Trinajstić information content (AvgIpc) is 2.71. The van der Waals surface area contributed by atoms with Gasteiger partial charge in [0, 0.05) is 11.1 Å². The van der Waals surface area contributed by atoms with Crippen LogP contribution in [0.5, 0.6) is 0 Å². The molecule has 0 unspecified atom stereocenters. The van der Waals surface area contributed by atoms with Gasteiger partial charge >= 0.3 is 0 Å². The summed E-state index contributed by atoms with van der Waals surface area (Å²) in [5, 5.41) is 0. The van der Waals surface area contributed by atoms with E-state index in [-0.39, 0.29) is 22.9 Å². The quantitative estimate of drug-likeness (QED) is 0.450. The molecule has 0 N–H and O–H groups in total. The van der Waals surface area contributed by atoms with Crippen molar-refractivity contribution in [2.24, 2.45) is 0 Å². The van der Waals surface area contributed by atoms with Gasteiger partial charge in [-0.3, -0.25) is 0 Å². The zero-order valence-corrected chi connectivity index (χ0v) is 15.0. The molecular formula is C24H21F3. The maximum Gasteiger partial charge on any atom is 0.167 e. The van der Waals surface area contributed by atoms with Crippen LogP contribution >= 0.6 is 0 Å². The van der Waals surface area contributed by atoms with Gasteiger partial charge in [0.1, 0.15) is 5.82 Å². The highest BCUT2D eigenvalue weighted by Gasteiger charge is 2.21. The monoisotopic (exact) mass is 366 g/mol. The number of benzene rings is 3. The second-order valence-electron chi connectivity index (χ2n) is 7.23. The van der Waals surface area contributed by atoms with Crippen LogP contribution in [0.3, 0.4) is 0 Å². The van der Waals surface area contributed by atoms with E-state index in [1.807, 2.05) is 6.07 Å². The van der Waals surface area contributed by atoms with Gasteiger partial charge in [0.15, 0.2) is 11.6 Å². The summed E-state index contributed by atoms with van der Waals surface area (Å²) in [6.07, 6.45) is 5.42. The maximum atomic E-state index is 14.7. The molecule has 3 aromatic carbocycles. The zero-order chi connectivity index (χ0) is 18.8. The summed E-state index contributed by atoms with van der Waals surface area (Å²) in [7, 11) is 0. The summed E-state index contributed by atoms with van der Waals surface area (Å²) >= 11 is 0. The Kier molecular flexibility index (Phi) is 5.02. The van der Waals surface area contributed by atoms with Gasteiger partial charge < -0.3 is 0 Å². The van der Waals surface area contributed by atoms with Crippen LogP contribution in [0.4, 0.5) is 13.2 Å². The minimum atomic E-state index is -0.943. The van der Waals surface area contributed by atoms with Crippen LogP contribution in [-0.2, 0) is 0 Å². The van der Waals surface area contributed by atoms with E-state index in [0.717, 1.165) is 25.7 Å². The van der Waals surface area contributed by atoms with Crippen LogP contribution in [0.1, 0.15) is 43.6 Å². The minimum Gasteiger partial charge on any atom is -0.207 e. The Morgan fingerprint density at radius 1 is 0.630 bits per heavy atom. The standard InChI is InChI=1S/C24H21F3/c25-22-15-18(11-12-19(22)16-7-3-1-4-8-16)21-14-13-20(23(26)24(21)27)17-9-5-2-6-10-17/h2,5-6,9-16H,1,3-4,7-8H2. The van der Waals surface area contributed by atoms with Gasteiger partial charge in [-0.15, -0.1) is 0 Å². The smallest absolute Gasteiger partial charge is 0.167 e. The summed E-state index contributed by atoms with van der Waals surface area (Å²) in [5.74, 6) is -1.95. The topological polar surface area (TPSA) is 0 Å². The van der Waals surface area contributed by atoms with Crippen molar-refractivity contribution in [1.82, 2.24) is 0 Å². The van der Waals surface area contributed by atoms with Crippen molar-refractivity contribution in [1.29, 1.82) is 0 Å². The zero-order valence-electron chi connectivity index (χ0n) is 15.0. The molecule has 4 rings (SSSR count). The van der Waals surface area contributed by atoms with Crippen molar-refractivity contribution in [3.8, 4) is 22.3 Å². The summed E-state index contributed by atoms with van der Waals surface area (Å²) in [6.45, 7) is 0. The fourth-order valence-electron chi connectivity index (χ4n) is 4.05. The van der Waals surface area contributed by atoms with Crippen molar-refractivity contribution in [2.45, 2.75) is 38.0 Å². The Labute approximate surface area is 157 Å². The van der Waals surface area contributed by atoms with Crippen molar-refractivity contribution in [3.63, 3.8) is 0 Å². The van der Waals surface area contributed by atoms with E-state index in [1.165, 1.54) is 18.6 Å². The van der Waals surface area contributed by atoms with E-state index in [4.69, 9.17) is 0 Å². The fraction of sp³-hybridized carbons (Fsp3) is 0.250. The van der Waals surface area contributed by atoms with Crippen LogP contribution < -0.4 is 0 Å². The fourth-order valence-corrected chi connectivity index (χ4v) is 4.05. The molecule has 0 saturated heterocycles. The lowest BCUT2D eigenvalue weighted by Gasteiger charge is -2.22. The molecule has 0 radical (unpaired) electrons. The molecule has 3 aromatic rings. The first kappa shape index (κ1) is 17.8. The second-order valence-corrected chi connectivity index (χ2v) is 7.23. The number of hydrogen-bond acceptors (Lipinski definition) is 0. The normalized spacial score (nSPS) is 15.1. The summed E-state index contributed by atoms with van der Waals surface area (Å²) in [5.41, 5.74) is 1.96. The first-order chi connectivity index (χ1) is 13.1. The third-order valence-electron chi connectivity index (χ3n) is 5.52. The van der Waals surface area contributed by atoms with Crippen LogP contribution in [0.15, 0.2) is 60.7 Å². The lowest BCUT2D eigenvalue weighted by atomic mass is 9.83. The van der Waals surface area contributed by atoms with E-state index in [2.05, 4.69) is 0 Å². The van der Waals surface area contributed by atoms with Crippen LogP contribution in [0, 0.1) is 17.5 Å². The highest BCUT2D eigenvalue weighted by atomic mass is 19.2. The first-order valence-electron chi connectivity index (χ1n) is 9.48. The summed E-state index contributed by atoms with van der Waals surface area (Å²) < 4.78 is 44.0. The summed E-state index contributed by atoms with van der Waals surface area (Å²) in [6, 6.07) is 16.7. The molecule has 138 valence electrons. The summed E-state index contributed by atoms with van der Waals surface area (Å²) in [4.78, 5) is 0. The molecule has 27 heavy (non-hydrogen) atoms. The van der Waals surface area contributed by atoms with Crippen LogP contribution in [0.25, 0.3) is 22.3 Å². The molecular weight excluding hydrogens is 345 g/mol. The molecule has 1 fully saturated rings. The third-order valence-corrected chi connectivity index (χ3v) is 5.52. The van der Waals surface area contributed by atoms with Crippen molar-refractivity contribution in [3.05, 3.63) is 83.7 Å². The molecule has 3 heteroatoms. The maximum absolute atomic E-state index is 14.7. The number of hydrogen-bond donors (Lipinski definition) is 0. The molecule has 1 aliphatic rings. The molecule has 0 amide bonds. The third kappa shape index (κ3) is 3.51. The Morgan fingerprint density at radius 2 is 1.26 bits per heavy atom. The van der Waals surface area contributed by atoms with Gasteiger partial charge in [0.2, 0.25) is 0 Å².